The van der Waals surface area contributed by atoms with Crippen molar-refractivity contribution in [2.75, 3.05) is 13.2 Å². The minimum absolute atomic E-state index is 0.320. The van der Waals surface area contributed by atoms with Crippen molar-refractivity contribution < 1.29 is 9.53 Å². The van der Waals surface area contributed by atoms with Crippen LogP contribution in [0.1, 0.15) is 34.1 Å². The van der Waals surface area contributed by atoms with Crippen molar-refractivity contribution in [2.45, 2.75) is 34.1 Å². The van der Waals surface area contributed by atoms with Crippen LogP contribution in [0.3, 0.4) is 0 Å². The maximum Gasteiger partial charge on any atom is 0.407 e. The van der Waals surface area contributed by atoms with Crippen molar-refractivity contribution in [3.05, 3.63) is 0 Å². The third kappa shape index (κ3) is 12.5. The molecule has 11 heavy (non-hydrogen) atoms. The highest BCUT2D eigenvalue weighted by molar-refractivity contribution is 5.66. The average molecular weight is 161 g/mol. The number of hydrogen-bond donors (Lipinski definition) is 1. The van der Waals surface area contributed by atoms with E-state index < -0.39 is 0 Å². The van der Waals surface area contributed by atoms with Gasteiger partial charge in [0.15, 0.2) is 0 Å². The second-order valence-electron chi connectivity index (χ2n) is 1.65. The van der Waals surface area contributed by atoms with Crippen molar-refractivity contribution in [2.24, 2.45) is 0 Å². The van der Waals surface area contributed by atoms with E-state index in [1.54, 1.807) is 6.92 Å². The fourth-order valence-electron chi connectivity index (χ4n) is 0.409. The molecular formula is C8H19NO2. The Kier molecular flexibility index (Phi) is 14.1. The van der Waals surface area contributed by atoms with Gasteiger partial charge in [-0.05, 0) is 13.3 Å². The van der Waals surface area contributed by atoms with E-state index in [0.717, 1.165) is 6.42 Å². The van der Waals surface area contributed by atoms with Crippen LogP contribution in [-0.2, 0) is 4.74 Å². The van der Waals surface area contributed by atoms with Crippen LogP contribution < -0.4 is 5.32 Å². The Labute approximate surface area is 69.1 Å². The number of alkyl carbamates (subject to hydrolysis) is 1. The first-order valence-corrected chi connectivity index (χ1v) is 4.21. The Hall–Kier alpha value is -0.730. The van der Waals surface area contributed by atoms with Gasteiger partial charge in [0.1, 0.15) is 0 Å². The molecule has 0 aliphatic carbocycles. The van der Waals surface area contributed by atoms with Gasteiger partial charge in [0, 0.05) is 6.54 Å². The van der Waals surface area contributed by atoms with Crippen molar-refractivity contribution in [3.8, 4) is 0 Å². The summed E-state index contributed by atoms with van der Waals surface area (Å²) in [5, 5.41) is 2.57. The zero-order chi connectivity index (χ0) is 9.11. The molecule has 3 heteroatoms. The highest BCUT2D eigenvalue weighted by Gasteiger charge is 1.94. The Morgan fingerprint density at radius 1 is 1.36 bits per heavy atom. The van der Waals surface area contributed by atoms with E-state index >= 15 is 0 Å². The summed E-state index contributed by atoms with van der Waals surface area (Å²) in [4.78, 5) is 10.5. The standard InChI is InChI=1S/C6H13NO2.C2H6/c1-3-5-7-6(8)9-4-2;1-2/h3-5H2,1-2H3,(H,7,8);1-2H3. The molecule has 0 rings (SSSR count). The van der Waals surface area contributed by atoms with Crippen LogP contribution >= 0.6 is 0 Å². The SMILES string of the molecule is CC.CCCNC(=O)OCC. The predicted octanol–water partition coefficient (Wildman–Crippen LogP) is 2.17. The summed E-state index contributed by atoms with van der Waals surface area (Å²) >= 11 is 0. The summed E-state index contributed by atoms with van der Waals surface area (Å²) in [5.41, 5.74) is 0. The lowest BCUT2D eigenvalue weighted by molar-refractivity contribution is 0.152. The summed E-state index contributed by atoms with van der Waals surface area (Å²) in [6.45, 7) is 8.91. The zero-order valence-corrected chi connectivity index (χ0v) is 7.94. The van der Waals surface area contributed by atoms with Crippen LogP contribution in [-0.4, -0.2) is 19.2 Å². The molecule has 0 atom stereocenters. The van der Waals surface area contributed by atoms with E-state index in [9.17, 15) is 4.79 Å². The highest BCUT2D eigenvalue weighted by atomic mass is 16.5. The number of hydrogen-bond acceptors (Lipinski definition) is 2. The monoisotopic (exact) mass is 161 g/mol. The van der Waals surface area contributed by atoms with Gasteiger partial charge in [-0.3, -0.25) is 0 Å². The van der Waals surface area contributed by atoms with Crippen LogP contribution in [0, 0.1) is 0 Å². The number of amides is 1. The van der Waals surface area contributed by atoms with Gasteiger partial charge < -0.3 is 10.1 Å². The summed E-state index contributed by atoms with van der Waals surface area (Å²) in [6, 6.07) is 0. The molecule has 0 aliphatic rings. The molecule has 0 unspecified atom stereocenters. The maximum absolute atomic E-state index is 10.5. The number of carbonyl (C=O) groups is 1. The third-order valence-corrected chi connectivity index (χ3v) is 0.795. The van der Waals surface area contributed by atoms with Gasteiger partial charge in [0.25, 0.3) is 0 Å². The van der Waals surface area contributed by atoms with E-state index in [1.165, 1.54) is 0 Å². The molecule has 0 radical (unpaired) electrons. The van der Waals surface area contributed by atoms with Crippen molar-refractivity contribution in [1.82, 2.24) is 5.32 Å². The Morgan fingerprint density at radius 2 is 1.91 bits per heavy atom. The van der Waals surface area contributed by atoms with Gasteiger partial charge in [0.2, 0.25) is 0 Å². The molecule has 68 valence electrons. The van der Waals surface area contributed by atoms with E-state index in [2.05, 4.69) is 10.1 Å². The summed E-state index contributed by atoms with van der Waals surface area (Å²) < 4.78 is 4.59. The molecular weight excluding hydrogens is 142 g/mol. The van der Waals surface area contributed by atoms with Crippen LogP contribution in [0.25, 0.3) is 0 Å². The van der Waals surface area contributed by atoms with Crippen molar-refractivity contribution >= 4 is 6.09 Å². The molecule has 0 heterocycles. The van der Waals surface area contributed by atoms with Crippen LogP contribution in [0.5, 0.6) is 0 Å². The summed E-state index contributed by atoms with van der Waals surface area (Å²) in [5.74, 6) is 0. The molecule has 0 aromatic heterocycles. The van der Waals surface area contributed by atoms with Crippen molar-refractivity contribution in [1.29, 1.82) is 0 Å². The molecule has 0 aromatic carbocycles. The van der Waals surface area contributed by atoms with Gasteiger partial charge in [-0.25, -0.2) is 4.79 Å². The Bertz CT molecular complexity index is 84.2. The van der Waals surface area contributed by atoms with Crippen LogP contribution in [0.15, 0.2) is 0 Å². The van der Waals surface area contributed by atoms with Crippen LogP contribution in [0.4, 0.5) is 4.79 Å². The largest absolute Gasteiger partial charge is 0.450 e. The molecule has 0 aliphatic heterocycles. The highest BCUT2D eigenvalue weighted by Crippen LogP contribution is 1.76. The first kappa shape index (κ1) is 12.9. The minimum atomic E-state index is -0.320. The second kappa shape index (κ2) is 12.0. The van der Waals surface area contributed by atoms with Gasteiger partial charge in [-0.2, -0.15) is 0 Å². The minimum Gasteiger partial charge on any atom is -0.450 e. The zero-order valence-electron chi connectivity index (χ0n) is 7.94. The first-order chi connectivity index (χ1) is 5.31. The Morgan fingerprint density at radius 3 is 2.27 bits per heavy atom. The lowest BCUT2D eigenvalue weighted by Gasteiger charge is -2.01. The smallest absolute Gasteiger partial charge is 0.407 e. The molecule has 0 bridgehead atoms. The van der Waals surface area contributed by atoms with Crippen molar-refractivity contribution in [3.63, 3.8) is 0 Å². The molecule has 0 aromatic rings. The fourth-order valence-corrected chi connectivity index (χ4v) is 0.409. The molecule has 1 N–H and O–H groups in total. The normalized spacial score (nSPS) is 7.64. The van der Waals surface area contributed by atoms with Gasteiger partial charge in [-0.15, -0.1) is 0 Å². The maximum atomic E-state index is 10.5. The Balaban J connectivity index is 0. The van der Waals surface area contributed by atoms with Gasteiger partial charge in [0.05, 0.1) is 6.61 Å². The topological polar surface area (TPSA) is 38.3 Å². The summed E-state index contributed by atoms with van der Waals surface area (Å²) in [7, 11) is 0. The quantitative estimate of drug-likeness (QED) is 0.689. The van der Waals surface area contributed by atoms with E-state index in [-0.39, 0.29) is 6.09 Å². The average Bonchev–Trinajstić information content (AvgIpc) is 2.05. The number of ether oxygens (including phenoxy) is 1. The molecule has 1 amide bonds. The second-order valence-corrected chi connectivity index (χ2v) is 1.65. The van der Waals surface area contributed by atoms with E-state index in [1.807, 2.05) is 20.8 Å². The molecule has 0 saturated heterocycles. The third-order valence-electron chi connectivity index (χ3n) is 0.795. The molecule has 0 saturated carbocycles. The lowest BCUT2D eigenvalue weighted by Crippen LogP contribution is -2.24. The lowest BCUT2D eigenvalue weighted by atomic mass is 10.5. The van der Waals surface area contributed by atoms with E-state index in [4.69, 9.17) is 0 Å². The predicted molar refractivity (Wildman–Crippen MR) is 46.7 cm³/mol. The summed E-state index contributed by atoms with van der Waals surface area (Å²) in [6.07, 6.45) is 0.623. The molecule has 0 spiro atoms. The van der Waals surface area contributed by atoms with Crippen LogP contribution in [0.2, 0.25) is 0 Å². The molecule has 3 nitrogen and oxygen atoms in total. The first-order valence-electron chi connectivity index (χ1n) is 4.21. The van der Waals surface area contributed by atoms with E-state index in [0.29, 0.717) is 13.2 Å². The number of nitrogens with one attached hydrogen (secondary N) is 1. The fraction of sp³-hybridized carbons (Fsp3) is 0.875. The molecule has 0 fully saturated rings. The number of carbonyl (C=O) groups excluding carboxylic acids is 1. The van der Waals surface area contributed by atoms with Gasteiger partial charge >= 0.3 is 6.09 Å². The number of rotatable bonds is 3. The van der Waals surface area contributed by atoms with Gasteiger partial charge in [-0.1, -0.05) is 20.8 Å².